The van der Waals surface area contributed by atoms with Gasteiger partial charge in [0.05, 0.1) is 40.0 Å². The van der Waals surface area contributed by atoms with Gasteiger partial charge in [-0.05, 0) is 37.5 Å². The number of thiophene rings is 1. The molecule has 34 heavy (non-hydrogen) atoms. The lowest BCUT2D eigenvalue weighted by Gasteiger charge is -2.36. The number of aromatic nitrogens is 3. The second-order valence-corrected chi connectivity index (χ2v) is 9.85. The molecule has 0 aliphatic carbocycles. The highest BCUT2D eigenvalue weighted by atomic mass is 32.1. The minimum absolute atomic E-state index is 0.0266. The molecule has 0 bridgehead atoms. The van der Waals surface area contributed by atoms with Crippen LogP contribution in [-0.4, -0.2) is 57.5 Å². The van der Waals surface area contributed by atoms with E-state index in [-0.39, 0.29) is 24.2 Å². The number of hydrogen-bond acceptors (Lipinski definition) is 5. The Labute approximate surface area is 197 Å². The fraction of sp³-hybridized carbons (Fsp3) is 0.292. The molecule has 3 aromatic heterocycles. The third-order valence-corrected chi connectivity index (χ3v) is 7.66. The zero-order valence-corrected chi connectivity index (χ0v) is 19.1. The molecule has 5 heterocycles. The molecule has 6 rings (SSSR count). The van der Waals surface area contributed by atoms with E-state index in [2.05, 4.69) is 15.4 Å². The standard InChI is InChI=1S/C24H21F2N5O2S/c1-30-8-6-13(24(25,26)12-30)11-31-17-5-3-2-4-14(17)20(29-31)19-18(22(32)28-23(19)33)15-10-27-16-7-9-34-21(15)16/h2-5,7,9-10,13,27H,6,8,11-12H2,1H3,(H,28,32,33). The molecule has 0 spiro atoms. The summed E-state index contributed by atoms with van der Waals surface area (Å²) in [5, 5.41) is 9.61. The topological polar surface area (TPSA) is 83.0 Å². The number of H-pyrrole nitrogens is 1. The first kappa shape index (κ1) is 21.2. The molecule has 1 unspecified atom stereocenters. The predicted molar refractivity (Wildman–Crippen MR) is 126 cm³/mol. The Morgan fingerprint density at radius 3 is 2.79 bits per heavy atom. The average Bonchev–Trinajstić information content (AvgIpc) is 3.53. The van der Waals surface area contributed by atoms with Crippen LogP contribution in [0.5, 0.6) is 0 Å². The van der Waals surface area contributed by atoms with E-state index >= 15 is 0 Å². The number of nitrogens with zero attached hydrogens (tertiary/aromatic N) is 3. The lowest BCUT2D eigenvalue weighted by Crippen LogP contribution is -2.48. The van der Waals surface area contributed by atoms with Gasteiger partial charge < -0.3 is 9.88 Å². The van der Waals surface area contributed by atoms with Gasteiger partial charge in [-0.2, -0.15) is 5.10 Å². The molecule has 0 radical (unpaired) electrons. The lowest BCUT2D eigenvalue weighted by molar-refractivity contribution is -0.122. The number of carbonyl (C=O) groups is 2. The maximum absolute atomic E-state index is 14.8. The largest absolute Gasteiger partial charge is 0.360 e. The van der Waals surface area contributed by atoms with Crippen molar-refractivity contribution in [2.24, 2.45) is 5.92 Å². The lowest BCUT2D eigenvalue weighted by atomic mass is 9.93. The van der Waals surface area contributed by atoms with Crippen molar-refractivity contribution < 1.29 is 18.4 Å². The number of rotatable bonds is 4. The number of carbonyl (C=O) groups excluding carboxylic acids is 2. The van der Waals surface area contributed by atoms with Crippen LogP contribution in [0.4, 0.5) is 8.78 Å². The van der Waals surface area contributed by atoms with Gasteiger partial charge in [0, 0.05) is 23.1 Å². The molecule has 1 aromatic carbocycles. The van der Waals surface area contributed by atoms with Crippen molar-refractivity contribution in [3.63, 3.8) is 0 Å². The first-order chi connectivity index (χ1) is 16.3. The van der Waals surface area contributed by atoms with E-state index in [1.54, 1.807) is 28.9 Å². The Hall–Kier alpha value is -3.37. The fourth-order valence-electron chi connectivity index (χ4n) is 5.01. The van der Waals surface area contributed by atoms with Gasteiger partial charge in [-0.3, -0.25) is 19.6 Å². The summed E-state index contributed by atoms with van der Waals surface area (Å²) in [7, 11) is 1.70. The molecule has 174 valence electrons. The molecular formula is C24H21F2N5O2S. The quantitative estimate of drug-likeness (QED) is 0.435. The number of piperidine rings is 1. The minimum atomic E-state index is -2.85. The summed E-state index contributed by atoms with van der Waals surface area (Å²) in [5.74, 6) is -4.75. The van der Waals surface area contributed by atoms with Gasteiger partial charge in [-0.15, -0.1) is 11.3 Å². The highest BCUT2D eigenvalue weighted by molar-refractivity contribution is 7.17. The van der Waals surface area contributed by atoms with Crippen LogP contribution in [0.2, 0.25) is 0 Å². The van der Waals surface area contributed by atoms with Crippen molar-refractivity contribution in [1.29, 1.82) is 0 Å². The number of alkyl halides is 2. The molecule has 1 saturated heterocycles. The van der Waals surface area contributed by atoms with Gasteiger partial charge in [-0.25, -0.2) is 8.78 Å². The molecule has 4 aromatic rings. The third-order valence-electron chi connectivity index (χ3n) is 6.71. The van der Waals surface area contributed by atoms with Crippen LogP contribution in [0.25, 0.3) is 32.3 Å². The van der Waals surface area contributed by atoms with Crippen molar-refractivity contribution in [3.05, 3.63) is 53.2 Å². The molecule has 2 aliphatic rings. The monoisotopic (exact) mass is 481 g/mol. The average molecular weight is 482 g/mol. The van der Waals surface area contributed by atoms with Crippen LogP contribution in [0, 0.1) is 5.92 Å². The van der Waals surface area contributed by atoms with E-state index < -0.39 is 23.7 Å². The molecule has 10 heteroatoms. The second-order valence-electron chi connectivity index (χ2n) is 8.93. The number of aromatic amines is 1. The highest BCUT2D eigenvalue weighted by Gasteiger charge is 2.44. The molecule has 1 fully saturated rings. The Kier molecular flexibility index (Phi) is 4.72. The number of halogens is 2. The minimum Gasteiger partial charge on any atom is -0.360 e. The van der Waals surface area contributed by atoms with Gasteiger partial charge >= 0.3 is 0 Å². The van der Waals surface area contributed by atoms with Crippen molar-refractivity contribution in [3.8, 4) is 0 Å². The van der Waals surface area contributed by atoms with Crippen molar-refractivity contribution in [2.45, 2.75) is 18.9 Å². The number of likely N-dealkylation sites (tertiary alicyclic amines) is 1. The van der Waals surface area contributed by atoms with E-state index in [0.29, 0.717) is 35.1 Å². The van der Waals surface area contributed by atoms with Gasteiger partial charge in [0.2, 0.25) is 0 Å². The SMILES string of the molecule is CN1CCC(Cn2nc(C3=C(c4c[nH]c5ccsc45)C(=O)NC3=O)c3ccccc32)C(F)(F)C1. The summed E-state index contributed by atoms with van der Waals surface area (Å²) in [6.45, 7) is 0.321. The van der Waals surface area contributed by atoms with Crippen LogP contribution in [0.15, 0.2) is 41.9 Å². The van der Waals surface area contributed by atoms with Crippen LogP contribution in [0.3, 0.4) is 0 Å². The third kappa shape index (κ3) is 3.20. The number of fused-ring (bicyclic) bond motifs is 2. The fourth-order valence-corrected chi connectivity index (χ4v) is 5.89. The van der Waals surface area contributed by atoms with Crippen LogP contribution >= 0.6 is 11.3 Å². The Morgan fingerprint density at radius 1 is 1.18 bits per heavy atom. The number of benzene rings is 1. The summed E-state index contributed by atoms with van der Waals surface area (Å²) in [4.78, 5) is 30.6. The molecule has 2 amide bonds. The van der Waals surface area contributed by atoms with Gasteiger partial charge in [0.1, 0.15) is 5.69 Å². The molecule has 2 aliphatic heterocycles. The number of nitrogens with one attached hydrogen (secondary N) is 2. The Balaban J connectivity index is 1.51. The number of hydrogen-bond donors (Lipinski definition) is 2. The van der Waals surface area contributed by atoms with E-state index in [1.165, 1.54) is 11.3 Å². The molecule has 2 N–H and O–H groups in total. The van der Waals surface area contributed by atoms with Gasteiger partial charge in [0.25, 0.3) is 17.7 Å². The van der Waals surface area contributed by atoms with Crippen LogP contribution in [-0.2, 0) is 16.1 Å². The van der Waals surface area contributed by atoms with Gasteiger partial charge in [0.15, 0.2) is 0 Å². The Bertz CT molecular complexity index is 1500. The second kappa shape index (κ2) is 7.57. The Morgan fingerprint density at radius 2 is 1.97 bits per heavy atom. The van der Waals surface area contributed by atoms with E-state index in [0.717, 1.165) is 10.2 Å². The first-order valence-electron chi connectivity index (χ1n) is 11.0. The van der Waals surface area contributed by atoms with Crippen LogP contribution in [0.1, 0.15) is 17.7 Å². The molecule has 7 nitrogen and oxygen atoms in total. The first-order valence-corrected chi connectivity index (χ1v) is 11.9. The number of amides is 2. The normalized spacial score (nSPS) is 21.2. The summed E-state index contributed by atoms with van der Waals surface area (Å²) in [6.07, 6.45) is 2.06. The van der Waals surface area contributed by atoms with Gasteiger partial charge in [-0.1, -0.05) is 18.2 Å². The van der Waals surface area contributed by atoms with Crippen LogP contribution < -0.4 is 5.32 Å². The maximum Gasteiger partial charge on any atom is 0.265 e. The maximum atomic E-state index is 14.8. The number of para-hydroxylation sites is 1. The molecule has 0 saturated carbocycles. The van der Waals surface area contributed by atoms with E-state index in [1.807, 2.05) is 29.6 Å². The number of imide groups is 1. The van der Waals surface area contributed by atoms with Crippen molar-refractivity contribution in [1.82, 2.24) is 25.0 Å². The highest BCUT2D eigenvalue weighted by Crippen LogP contribution is 2.39. The zero-order valence-electron chi connectivity index (χ0n) is 18.3. The summed E-state index contributed by atoms with van der Waals surface area (Å²) in [5.41, 5.74) is 2.91. The molecule has 1 atom stereocenters. The van der Waals surface area contributed by atoms with E-state index in [4.69, 9.17) is 0 Å². The van der Waals surface area contributed by atoms with E-state index in [9.17, 15) is 18.4 Å². The smallest absolute Gasteiger partial charge is 0.265 e. The predicted octanol–water partition coefficient (Wildman–Crippen LogP) is 3.73. The summed E-state index contributed by atoms with van der Waals surface area (Å²) < 4.78 is 32.0. The summed E-state index contributed by atoms with van der Waals surface area (Å²) >= 11 is 1.47. The molecular weight excluding hydrogens is 460 g/mol. The zero-order chi connectivity index (χ0) is 23.6. The van der Waals surface area contributed by atoms with Crippen molar-refractivity contribution >= 4 is 55.4 Å². The van der Waals surface area contributed by atoms with Crippen molar-refractivity contribution in [2.75, 3.05) is 20.1 Å². The summed E-state index contributed by atoms with van der Waals surface area (Å²) in [6, 6.07) is 9.14.